The fourth-order valence-corrected chi connectivity index (χ4v) is 2.64. The smallest absolute Gasteiger partial charge is 0.177 e. The van der Waals surface area contributed by atoms with Crippen molar-refractivity contribution in [1.82, 2.24) is 35.0 Å². The molecule has 1 aliphatic heterocycles. The molecule has 0 radical (unpaired) electrons. The lowest BCUT2D eigenvalue weighted by Crippen LogP contribution is -2.39. The Morgan fingerprint density at radius 3 is 2.42 bits per heavy atom. The van der Waals surface area contributed by atoms with Gasteiger partial charge in [-0.15, -0.1) is 10.2 Å². The molecule has 0 bridgehead atoms. The summed E-state index contributed by atoms with van der Waals surface area (Å²) in [6.45, 7) is 6.62. The van der Waals surface area contributed by atoms with E-state index in [1.807, 2.05) is 30.6 Å². The van der Waals surface area contributed by atoms with Crippen LogP contribution in [-0.2, 0) is 22.6 Å². The molecule has 1 aliphatic rings. The summed E-state index contributed by atoms with van der Waals surface area (Å²) in [7, 11) is 0. The first-order chi connectivity index (χ1) is 12.6. The zero-order chi connectivity index (χ0) is 18.0. The molecule has 0 aromatic carbocycles. The molecular weight excluding hydrogens is 334 g/mol. The van der Waals surface area contributed by atoms with E-state index in [1.54, 1.807) is 15.6 Å². The standard InChI is InChI=1S/C17H21N7O2/c1-17(2)11-25-16(26-12-17)10-24-9-15(20-22-24)14-8-23(21-19-14)7-13-5-3-4-6-18-13/h3-6,8-9,16H,7,10-12H2,1-2H3. The van der Waals surface area contributed by atoms with E-state index in [0.29, 0.717) is 37.7 Å². The van der Waals surface area contributed by atoms with Gasteiger partial charge in [0.05, 0.1) is 44.4 Å². The van der Waals surface area contributed by atoms with Gasteiger partial charge < -0.3 is 9.47 Å². The van der Waals surface area contributed by atoms with E-state index < -0.39 is 0 Å². The molecule has 1 fully saturated rings. The van der Waals surface area contributed by atoms with Crippen LogP contribution >= 0.6 is 0 Å². The maximum absolute atomic E-state index is 5.73. The highest BCUT2D eigenvalue weighted by atomic mass is 16.7. The molecule has 1 saturated heterocycles. The van der Waals surface area contributed by atoms with Crippen LogP contribution in [0.15, 0.2) is 36.8 Å². The van der Waals surface area contributed by atoms with E-state index in [2.05, 4.69) is 39.5 Å². The number of rotatable bonds is 5. The molecule has 9 heteroatoms. The van der Waals surface area contributed by atoms with Crippen molar-refractivity contribution >= 4 is 0 Å². The zero-order valence-electron chi connectivity index (χ0n) is 14.8. The van der Waals surface area contributed by atoms with Crippen LogP contribution in [0.2, 0.25) is 0 Å². The van der Waals surface area contributed by atoms with Gasteiger partial charge in [0.1, 0.15) is 11.4 Å². The predicted octanol–water partition coefficient (Wildman–Crippen LogP) is 1.38. The second-order valence-electron chi connectivity index (χ2n) is 7.16. The van der Waals surface area contributed by atoms with E-state index in [-0.39, 0.29) is 11.7 Å². The molecule has 9 nitrogen and oxygen atoms in total. The van der Waals surface area contributed by atoms with Crippen molar-refractivity contribution < 1.29 is 9.47 Å². The van der Waals surface area contributed by atoms with Gasteiger partial charge in [-0.1, -0.05) is 30.3 Å². The van der Waals surface area contributed by atoms with Gasteiger partial charge in [-0.3, -0.25) is 4.98 Å². The summed E-state index contributed by atoms with van der Waals surface area (Å²) in [6.07, 6.45) is 5.10. The Balaban J connectivity index is 1.39. The quantitative estimate of drug-likeness (QED) is 0.682. The van der Waals surface area contributed by atoms with Crippen molar-refractivity contribution in [2.75, 3.05) is 13.2 Å². The molecule has 0 unspecified atom stereocenters. The van der Waals surface area contributed by atoms with E-state index >= 15 is 0 Å². The third-order valence-corrected chi connectivity index (χ3v) is 4.05. The largest absolute Gasteiger partial charge is 0.350 e. The molecule has 0 amide bonds. The Morgan fingerprint density at radius 2 is 1.73 bits per heavy atom. The van der Waals surface area contributed by atoms with Gasteiger partial charge in [-0.05, 0) is 12.1 Å². The van der Waals surface area contributed by atoms with Gasteiger partial charge in [0.2, 0.25) is 0 Å². The van der Waals surface area contributed by atoms with Gasteiger partial charge in [0, 0.05) is 11.6 Å². The summed E-state index contributed by atoms with van der Waals surface area (Å²) in [5, 5.41) is 16.6. The number of pyridine rings is 1. The van der Waals surface area contributed by atoms with E-state index in [4.69, 9.17) is 9.47 Å². The maximum atomic E-state index is 5.73. The average Bonchev–Trinajstić information content (AvgIpc) is 3.27. The minimum Gasteiger partial charge on any atom is -0.350 e. The second-order valence-corrected chi connectivity index (χ2v) is 7.16. The SMILES string of the molecule is CC1(C)COC(Cn2cc(-c3cn(Cc4ccccn4)nn3)nn2)OC1. The highest BCUT2D eigenvalue weighted by Gasteiger charge is 2.28. The molecule has 0 spiro atoms. The van der Waals surface area contributed by atoms with Gasteiger partial charge in [0.25, 0.3) is 0 Å². The van der Waals surface area contributed by atoms with Crippen LogP contribution in [0.4, 0.5) is 0 Å². The molecule has 4 rings (SSSR count). The minimum atomic E-state index is -0.308. The molecule has 0 aliphatic carbocycles. The molecule has 136 valence electrons. The van der Waals surface area contributed by atoms with Gasteiger partial charge in [0.15, 0.2) is 6.29 Å². The van der Waals surface area contributed by atoms with Crippen LogP contribution in [0.3, 0.4) is 0 Å². The summed E-state index contributed by atoms with van der Waals surface area (Å²) in [5.74, 6) is 0. The lowest BCUT2D eigenvalue weighted by atomic mass is 9.96. The van der Waals surface area contributed by atoms with Gasteiger partial charge >= 0.3 is 0 Å². The molecule has 0 atom stereocenters. The lowest BCUT2D eigenvalue weighted by molar-refractivity contribution is -0.227. The number of nitrogens with zero attached hydrogens (tertiary/aromatic N) is 7. The molecule has 26 heavy (non-hydrogen) atoms. The maximum Gasteiger partial charge on any atom is 0.177 e. The molecule has 4 heterocycles. The van der Waals surface area contributed by atoms with Crippen LogP contribution in [0.25, 0.3) is 11.4 Å². The Kier molecular flexibility index (Phi) is 4.48. The van der Waals surface area contributed by atoms with Crippen molar-refractivity contribution in [2.24, 2.45) is 5.41 Å². The Hall–Kier alpha value is -2.65. The Labute approximate surface area is 150 Å². The van der Waals surface area contributed by atoms with E-state index in [1.165, 1.54) is 0 Å². The summed E-state index contributed by atoms with van der Waals surface area (Å²) in [6, 6.07) is 5.78. The summed E-state index contributed by atoms with van der Waals surface area (Å²) < 4.78 is 14.9. The number of hydrogen-bond acceptors (Lipinski definition) is 7. The van der Waals surface area contributed by atoms with Crippen LogP contribution in [-0.4, -0.2) is 54.5 Å². The molecule has 3 aromatic rings. The van der Waals surface area contributed by atoms with Gasteiger partial charge in [-0.25, -0.2) is 9.36 Å². The highest BCUT2D eigenvalue weighted by molar-refractivity contribution is 5.49. The van der Waals surface area contributed by atoms with Crippen molar-refractivity contribution in [2.45, 2.75) is 33.2 Å². The van der Waals surface area contributed by atoms with Crippen LogP contribution in [0.5, 0.6) is 0 Å². The van der Waals surface area contributed by atoms with Gasteiger partial charge in [-0.2, -0.15) is 0 Å². The predicted molar refractivity (Wildman–Crippen MR) is 91.9 cm³/mol. The topological polar surface area (TPSA) is 92.8 Å². The van der Waals surface area contributed by atoms with Crippen molar-refractivity contribution in [3.8, 4) is 11.4 Å². The van der Waals surface area contributed by atoms with Crippen molar-refractivity contribution in [1.29, 1.82) is 0 Å². The first kappa shape index (κ1) is 16.8. The minimum absolute atomic E-state index is 0.0517. The van der Waals surface area contributed by atoms with Crippen molar-refractivity contribution in [3.63, 3.8) is 0 Å². The average molecular weight is 355 g/mol. The molecule has 0 N–H and O–H groups in total. The van der Waals surface area contributed by atoms with Crippen LogP contribution in [0.1, 0.15) is 19.5 Å². The third kappa shape index (κ3) is 3.94. The zero-order valence-corrected chi connectivity index (χ0v) is 14.8. The van der Waals surface area contributed by atoms with E-state index in [0.717, 1.165) is 5.69 Å². The summed E-state index contributed by atoms with van der Waals surface area (Å²) >= 11 is 0. The van der Waals surface area contributed by atoms with Crippen LogP contribution < -0.4 is 0 Å². The summed E-state index contributed by atoms with van der Waals surface area (Å²) in [5.41, 5.74) is 2.30. The van der Waals surface area contributed by atoms with Crippen LogP contribution in [0, 0.1) is 5.41 Å². The first-order valence-electron chi connectivity index (χ1n) is 8.51. The summed E-state index contributed by atoms with van der Waals surface area (Å²) in [4.78, 5) is 4.29. The second kappa shape index (κ2) is 6.93. The number of hydrogen-bond donors (Lipinski definition) is 0. The first-order valence-corrected chi connectivity index (χ1v) is 8.51. The molecule has 3 aromatic heterocycles. The molecular formula is C17H21N7O2. The monoisotopic (exact) mass is 355 g/mol. The normalized spacial score (nSPS) is 17.5. The fraction of sp³-hybridized carbons (Fsp3) is 0.471. The third-order valence-electron chi connectivity index (χ3n) is 4.05. The number of ether oxygens (including phenoxy) is 2. The highest BCUT2D eigenvalue weighted by Crippen LogP contribution is 2.23. The fourth-order valence-electron chi connectivity index (χ4n) is 2.64. The lowest BCUT2D eigenvalue weighted by Gasteiger charge is -2.34. The van der Waals surface area contributed by atoms with E-state index in [9.17, 15) is 0 Å². The Morgan fingerprint density at radius 1 is 1.04 bits per heavy atom. The number of aromatic nitrogens is 7. The molecule has 0 saturated carbocycles. The van der Waals surface area contributed by atoms with Crippen molar-refractivity contribution in [3.05, 3.63) is 42.5 Å². The Bertz CT molecular complexity index is 849.